The van der Waals surface area contributed by atoms with Gasteiger partial charge in [0.05, 0.1) is 6.33 Å². The van der Waals surface area contributed by atoms with Crippen LogP contribution < -0.4 is 5.32 Å². The van der Waals surface area contributed by atoms with Crippen LogP contribution in [0.2, 0.25) is 0 Å². The molecule has 0 amide bonds. The number of fused-ring (bicyclic) bond motifs is 1. The molecular weight excluding hydrogens is 222 g/mol. The molecule has 1 unspecified atom stereocenters. The van der Waals surface area contributed by atoms with Gasteiger partial charge in [-0.05, 0) is 30.4 Å². The van der Waals surface area contributed by atoms with Crippen LogP contribution >= 0.6 is 0 Å². The summed E-state index contributed by atoms with van der Waals surface area (Å²) >= 11 is 0. The molecule has 1 aromatic carbocycles. The van der Waals surface area contributed by atoms with E-state index in [9.17, 15) is 0 Å². The van der Waals surface area contributed by atoms with E-state index in [0.717, 1.165) is 12.2 Å². The molecule has 3 rings (SSSR count). The number of imidazole rings is 1. The number of aryl methyl sites for hydroxylation is 1. The summed E-state index contributed by atoms with van der Waals surface area (Å²) in [5.74, 6) is 0. The molecule has 94 valence electrons. The number of nitrogens with one attached hydrogen (secondary N) is 2. The van der Waals surface area contributed by atoms with E-state index in [0.29, 0.717) is 6.04 Å². The minimum absolute atomic E-state index is 0.479. The lowest BCUT2D eigenvalue weighted by Gasteiger charge is -2.19. The van der Waals surface area contributed by atoms with E-state index >= 15 is 0 Å². The molecule has 1 aliphatic carbocycles. The van der Waals surface area contributed by atoms with Crippen molar-refractivity contribution < 1.29 is 0 Å². The normalized spacial score (nSPS) is 19.2. The smallest absolute Gasteiger partial charge is 0.0922 e. The fourth-order valence-electron chi connectivity index (χ4n) is 2.75. The third-order valence-corrected chi connectivity index (χ3v) is 3.71. The molecule has 2 N–H and O–H groups in total. The SMILES string of the molecule is c1ccc2c(c1)CCCCC2NCc1cnc[nH]1. The number of nitrogens with zero attached hydrogens (tertiary/aromatic N) is 1. The van der Waals surface area contributed by atoms with Crippen LogP contribution in [0.3, 0.4) is 0 Å². The molecule has 1 aliphatic rings. The zero-order valence-corrected chi connectivity index (χ0v) is 10.5. The van der Waals surface area contributed by atoms with Gasteiger partial charge in [0.2, 0.25) is 0 Å². The Balaban J connectivity index is 1.75. The van der Waals surface area contributed by atoms with Crippen molar-refractivity contribution in [1.29, 1.82) is 0 Å². The number of rotatable bonds is 3. The molecule has 0 saturated heterocycles. The molecule has 1 atom stereocenters. The van der Waals surface area contributed by atoms with E-state index in [1.807, 2.05) is 6.20 Å². The van der Waals surface area contributed by atoms with Gasteiger partial charge in [-0.3, -0.25) is 0 Å². The van der Waals surface area contributed by atoms with Crippen LogP contribution in [0.5, 0.6) is 0 Å². The molecule has 0 bridgehead atoms. The highest BCUT2D eigenvalue weighted by molar-refractivity contribution is 5.31. The van der Waals surface area contributed by atoms with E-state index < -0.39 is 0 Å². The predicted molar refractivity (Wildman–Crippen MR) is 72.2 cm³/mol. The van der Waals surface area contributed by atoms with Gasteiger partial charge < -0.3 is 10.3 Å². The summed E-state index contributed by atoms with van der Waals surface area (Å²) in [4.78, 5) is 7.20. The Morgan fingerprint density at radius 1 is 1.28 bits per heavy atom. The number of H-pyrrole nitrogens is 1. The molecule has 0 spiro atoms. The monoisotopic (exact) mass is 241 g/mol. The second-order valence-corrected chi connectivity index (χ2v) is 4.95. The average Bonchev–Trinajstić information content (AvgIpc) is 2.84. The lowest BCUT2D eigenvalue weighted by molar-refractivity contribution is 0.486. The van der Waals surface area contributed by atoms with Crippen LogP contribution in [0.4, 0.5) is 0 Å². The Morgan fingerprint density at radius 2 is 2.22 bits per heavy atom. The highest BCUT2D eigenvalue weighted by Crippen LogP contribution is 2.28. The van der Waals surface area contributed by atoms with Crippen LogP contribution in [0.1, 0.15) is 42.1 Å². The average molecular weight is 241 g/mol. The first-order chi connectivity index (χ1) is 8.93. The van der Waals surface area contributed by atoms with E-state index in [4.69, 9.17) is 0 Å². The molecule has 1 aromatic heterocycles. The molecule has 3 nitrogen and oxygen atoms in total. The Labute approximate surface area is 108 Å². The zero-order valence-electron chi connectivity index (χ0n) is 10.5. The second kappa shape index (κ2) is 5.36. The minimum Gasteiger partial charge on any atom is -0.347 e. The third kappa shape index (κ3) is 2.46. The van der Waals surface area contributed by atoms with Crippen LogP contribution in [-0.2, 0) is 13.0 Å². The lowest BCUT2D eigenvalue weighted by atomic mass is 9.99. The molecule has 18 heavy (non-hydrogen) atoms. The number of hydrogen-bond acceptors (Lipinski definition) is 2. The number of benzene rings is 1. The van der Waals surface area contributed by atoms with Crippen molar-refractivity contribution in [2.75, 3.05) is 0 Å². The van der Waals surface area contributed by atoms with Crippen molar-refractivity contribution in [1.82, 2.24) is 15.3 Å². The highest BCUT2D eigenvalue weighted by atomic mass is 15.0. The number of aromatic nitrogens is 2. The summed E-state index contributed by atoms with van der Waals surface area (Å²) in [6.45, 7) is 0.860. The van der Waals surface area contributed by atoms with Gasteiger partial charge in [0.1, 0.15) is 0 Å². The fraction of sp³-hybridized carbons (Fsp3) is 0.400. The zero-order chi connectivity index (χ0) is 12.2. The summed E-state index contributed by atoms with van der Waals surface area (Å²) in [6.07, 6.45) is 8.67. The molecule has 0 saturated carbocycles. The van der Waals surface area contributed by atoms with Crippen molar-refractivity contribution in [2.45, 2.75) is 38.3 Å². The van der Waals surface area contributed by atoms with Crippen molar-refractivity contribution >= 4 is 0 Å². The van der Waals surface area contributed by atoms with Gasteiger partial charge in [-0.1, -0.05) is 30.7 Å². The van der Waals surface area contributed by atoms with Gasteiger partial charge in [0, 0.05) is 24.5 Å². The van der Waals surface area contributed by atoms with Gasteiger partial charge in [0.15, 0.2) is 0 Å². The maximum atomic E-state index is 4.05. The van der Waals surface area contributed by atoms with E-state index in [1.54, 1.807) is 6.33 Å². The van der Waals surface area contributed by atoms with Crippen LogP contribution in [0, 0.1) is 0 Å². The van der Waals surface area contributed by atoms with E-state index in [2.05, 4.69) is 39.6 Å². The predicted octanol–water partition coefficient (Wildman–Crippen LogP) is 2.97. The van der Waals surface area contributed by atoms with Gasteiger partial charge in [-0.15, -0.1) is 0 Å². The van der Waals surface area contributed by atoms with Crippen LogP contribution in [0.25, 0.3) is 0 Å². The largest absolute Gasteiger partial charge is 0.347 e. The topological polar surface area (TPSA) is 40.7 Å². The molecule has 0 fully saturated rings. The van der Waals surface area contributed by atoms with Gasteiger partial charge in [-0.25, -0.2) is 4.98 Å². The molecule has 3 heteroatoms. The summed E-state index contributed by atoms with van der Waals surface area (Å²) in [7, 11) is 0. The Bertz CT molecular complexity index is 490. The Hall–Kier alpha value is -1.61. The lowest BCUT2D eigenvalue weighted by Crippen LogP contribution is -2.21. The molecule has 0 aliphatic heterocycles. The maximum Gasteiger partial charge on any atom is 0.0922 e. The molecular formula is C15H19N3. The molecule has 1 heterocycles. The van der Waals surface area contributed by atoms with Gasteiger partial charge in [-0.2, -0.15) is 0 Å². The molecule has 2 aromatic rings. The van der Waals surface area contributed by atoms with Crippen LogP contribution in [0.15, 0.2) is 36.8 Å². The summed E-state index contributed by atoms with van der Waals surface area (Å²) in [6, 6.07) is 9.31. The Kier molecular flexibility index (Phi) is 3.42. The van der Waals surface area contributed by atoms with Gasteiger partial charge in [0.25, 0.3) is 0 Å². The summed E-state index contributed by atoms with van der Waals surface area (Å²) in [5.41, 5.74) is 4.14. The first kappa shape index (κ1) is 11.5. The second-order valence-electron chi connectivity index (χ2n) is 4.95. The van der Waals surface area contributed by atoms with Gasteiger partial charge >= 0.3 is 0 Å². The number of hydrogen-bond donors (Lipinski definition) is 2. The maximum absolute atomic E-state index is 4.05. The first-order valence-electron chi connectivity index (χ1n) is 6.72. The van der Waals surface area contributed by atoms with Crippen molar-refractivity contribution in [3.8, 4) is 0 Å². The summed E-state index contributed by atoms with van der Waals surface area (Å²) in [5, 5.41) is 3.65. The number of aromatic amines is 1. The van der Waals surface area contributed by atoms with E-state index in [1.165, 1.54) is 36.8 Å². The van der Waals surface area contributed by atoms with Crippen molar-refractivity contribution in [3.63, 3.8) is 0 Å². The quantitative estimate of drug-likeness (QED) is 0.811. The van der Waals surface area contributed by atoms with E-state index in [-0.39, 0.29) is 0 Å². The van der Waals surface area contributed by atoms with Crippen molar-refractivity contribution in [3.05, 3.63) is 53.6 Å². The first-order valence-corrected chi connectivity index (χ1v) is 6.72. The Morgan fingerprint density at radius 3 is 3.11 bits per heavy atom. The minimum atomic E-state index is 0.479. The fourth-order valence-corrected chi connectivity index (χ4v) is 2.75. The highest BCUT2D eigenvalue weighted by Gasteiger charge is 2.17. The summed E-state index contributed by atoms with van der Waals surface area (Å²) < 4.78 is 0. The standard InChI is InChI=1S/C15H19N3/c1-3-7-14-12(5-1)6-2-4-8-15(14)17-10-13-9-16-11-18-13/h1,3,5,7,9,11,15,17H,2,4,6,8,10H2,(H,16,18). The molecule has 0 radical (unpaired) electrons. The third-order valence-electron chi connectivity index (χ3n) is 3.71. The van der Waals surface area contributed by atoms with Crippen LogP contribution in [-0.4, -0.2) is 9.97 Å². The van der Waals surface area contributed by atoms with Crippen molar-refractivity contribution in [2.24, 2.45) is 0 Å².